The summed E-state index contributed by atoms with van der Waals surface area (Å²) in [6.45, 7) is 0.622. The number of nitriles is 1. The van der Waals surface area contributed by atoms with Gasteiger partial charge in [-0.05, 0) is 31.0 Å². The molecule has 0 bridgehead atoms. The number of sulfonamides is 1. The van der Waals surface area contributed by atoms with Gasteiger partial charge in [0.2, 0.25) is 10.0 Å². The molecule has 0 aliphatic carbocycles. The zero-order chi connectivity index (χ0) is 15.5. The standard InChI is InChI=1S/C14H19N3O3S/c1-20-13-5-6-17(12(8-13)10-16)21(18,19)14-4-2-3-11(7-14)9-15/h2-4,7,12-13H,5-6,8,10,16H2,1H3. The van der Waals surface area contributed by atoms with Gasteiger partial charge in [-0.1, -0.05) is 6.07 Å². The molecule has 1 heterocycles. The van der Waals surface area contributed by atoms with Gasteiger partial charge in [-0.3, -0.25) is 0 Å². The van der Waals surface area contributed by atoms with E-state index in [1.54, 1.807) is 19.2 Å². The van der Waals surface area contributed by atoms with Crippen molar-refractivity contribution < 1.29 is 13.2 Å². The van der Waals surface area contributed by atoms with E-state index in [4.69, 9.17) is 15.7 Å². The third-order valence-corrected chi connectivity index (χ3v) is 5.74. The van der Waals surface area contributed by atoms with Crippen molar-refractivity contribution >= 4 is 10.0 Å². The molecule has 0 saturated carbocycles. The van der Waals surface area contributed by atoms with E-state index in [1.807, 2.05) is 6.07 Å². The maximum atomic E-state index is 12.7. The second kappa shape index (κ2) is 6.54. The van der Waals surface area contributed by atoms with Crippen LogP contribution in [0.5, 0.6) is 0 Å². The molecule has 0 aromatic heterocycles. The maximum absolute atomic E-state index is 12.7. The highest BCUT2D eigenvalue weighted by Gasteiger charge is 2.36. The predicted octanol–water partition coefficient (Wildman–Crippen LogP) is 0.685. The summed E-state index contributed by atoms with van der Waals surface area (Å²) < 4.78 is 32.2. The molecule has 1 aliphatic heterocycles. The first-order valence-corrected chi connectivity index (χ1v) is 8.21. The highest BCUT2D eigenvalue weighted by atomic mass is 32.2. The average molecular weight is 309 g/mol. The SMILES string of the molecule is COC1CCN(S(=O)(=O)c2cccc(C#N)c2)C(CN)C1. The lowest BCUT2D eigenvalue weighted by atomic mass is 10.0. The van der Waals surface area contributed by atoms with Gasteiger partial charge < -0.3 is 10.5 Å². The van der Waals surface area contributed by atoms with Crippen LogP contribution < -0.4 is 5.73 Å². The van der Waals surface area contributed by atoms with Gasteiger partial charge in [0.15, 0.2) is 0 Å². The first-order chi connectivity index (χ1) is 10.0. The van der Waals surface area contributed by atoms with E-state index in [0.29, 0.717) is 24.9 Å². The molecule has 6 nitrogen and oxygen atoms in total. The Bertz CT molecular complexity index is 639. The fourth-order valence-electron chi connectivity index (χ4n) is 2.60. The fraction of sp³-hybridized carbons (Fsp3) is 0.500. The molecule has 0 radical (unpaired) electrons. The largest absolute Gasteiger partial charge is 0.381 e. The summed E-state index contributed by atoms with van der Waals surface area (Å²) in [6, 6.07) is 7.73. The molecular formula is C14H19N3O3S. The normalized spacial score (nSPS) is 23.7. The van der Waals surface area contributed by atoms with Gasteiger partial charge in [-0.2, -0.15) is 9.57 Å². The van der Waals surface area contributed by atoms with E-state index in [-0.39, 0.29) is 23.6 Å². The van der Waals surface area contributed by atoms with Gasteiger partial charge in [-0.15, -0.1) is 0 Å². The molecule has 0 spiro atoms. The predicted molar refractivity (Wildman–Crippen MR) is 77.9 cm³/mol. The maximum Gasteiger partial charge on any atom is 0.243 e. The van der Waals surface area contributed by atoms with Crippen molar-refractivity contribution in [2.75, 3.05) is 20.2 Å². The molecule has 1 aromatic rings. The topological polar surface area (TPSA) is 96.4 Å². The molecule has 2 atom stereocenters. The Morgan fingerprint density at radius 3 is 2.90 bits per heavy atom. The molecule has 1 aliphatic rings. The Hall–Kier alpha value is -1.46. The van der Waals surface area contributed by atoms with Gasteiger partial charge >= 0.3 is 0 Å². The summed E-state index contributed by atoms with van der Waals surface area (Å²) in [5.74, 6) is 0. The second-order valence-corrected chi connectivity index (χ2v) is 6.92. The van der Waals surface area contributed by atoms with Crippen molar-refractivity contribution in [2.24, 2.45) is 5.73 Å². The number of benzene rings is 1. The molecular weight excluding hydrogens is 290 g/mol. The smallest absolute Gasteiger partial charge is 0.243 e. The third-order valence-electron chi connectivity index (χ3n) is 3.79. The number of rotatable bonds is 4. The van der Waals surface area contributed by atoms with Crippen LogP contribution in [0.4, 0.5) is 0 Å². The number of nitrogens with two attached hydrogens (primary N) is 1. The van der Waals surface area contributed by atoms with Crippen molar-refractivity contribution in [1.82, 2.24) is 4.31 Å². The highest BCUT2D eigenvalue weighted by Crippen LogP contribution is 2.26. The Kier molecular flexibility index (Phi) is 4.96. The van der Waals surface area contributed by atoms with E-state index in [2.05, 4.69) is 0 Å². The van der Waals surface area contributed by atoms with Crippen molar-refractivity contribution in [3.63, 3.8) is 0 Å². The lowest BCUT2D eigenvalue weighted by Crippen LogP contribution is -2.51. The number of hydrogen-bond donors (Lipinski definition) is 1. The summed E-state index contributed by atoms with van der Waals surface area (Å²) in [6.07, 6.45) is 1.27. The minimum absolute atomic E-state index is 0.0374. The highest BCUT2D eigenvalue weighted by molar-refractivity contribution is 7.89. The monoisotopic (exact) mass is 309 g/mol. The van der Waals surface area contributed by atoms with Crippen LogP contribution in [0.15, 0.2) is 29.2 Å². The summed E-state index contributed by atoms with van der Waals surface area (Å²) in [5.41, 5.74) is 6.05. The van der Waals surface area contributed by atoms with E-state index >= 15 is 0 Å². The zero-order valence-electron chi connectivity index (χ0n) is 11.9. The van der Waals surface area contributed by atoms with E-state index in [1.165, 1.54) is 16.4 Å². The van der Waals surface area contributed by atoms with Crippen molar-refractivity contribution in [2.45, 2.75) is 29.9 Å². The lowest BCUT2D eigenvalue weighted by Gasteiger charge is -2.37. The fourth-order valence-corrected chi connectivity index (χ4v) is 4.31. The Labute approximate surface area is 125 Å². The number of methoxy groups -OCH3 is 1. The molecule has 0 amide bonds. The minimum Gasteiger partial charge on any atom is -0.381 e. The third kappa shape index (κ3) is 3.24. The number of hydrogen-bond acceptors (Lipinski definition) is 5. The van der Waals surface area contributed by atoms with Crippen LogP contribution in [0.25, 0.3) is 0 Å². The zero-order valence-corrected chi connectivity index (χ0v) is 12.7. The van der Waals surface area contributed by atoms with E-state index in [9.17, 15) is 8.42 Å². The van der Waals surface area contributed by atoms with Gasteiger partial charge in [0.25, 0.3) is 0 Å². The summed E-state index contributed by atoms with van der Waals surface area (Å²) in [7, 11) is -2.02. The van der Waals surface area contributed by atoms with Crippen LogP contribution in [-0.2, 0) is 14.8 Å². The summed E-state index contributed by atoms with van der Waals surface area (Å²) in [4.78, 5) is 0.135. The first kappa shape index (κ1) is 15.9. The molecule has 114 valence electrons. The van der Waals surface area contributed by atoms with Crippen molar-refractivity contribution in [1.29, 1.82) is 5.26 Å². The van der Waals surface area contributed by atoms with Gasteiger partial charge in [0.1, 0.15) is 0 Å². The lowest BCUT2D eigenvalue weighted by molar-refractivity contribution is 0.0401. The Balaban J connectivity index is 2.32. The number of nitrogens with zero attached hydrogens (tertiary/aromatic N) is 2. The van der Waals surface area contributed by atoms with Gasteiger partial charge in [-0.25, -0.2) is 8.42 Å². The molecule has 7 heteroatoms. The van der Waals surface area contributed by atoms with Crippen molar-refractivity contribution in [3.05, 3.63) is 29.8 Å². The molecule has 1 aromatic carbocycles. The van der Waals surface area contributed by atoms with E-state index in [0.717, 1.165) is 0 Å². The van der Waals surface area contributed by atoms with Crippen LogP contribution >= 0.6 is 0 Å². The quantitative estimate of drug-likeness (QED) is 0.882. The van der Waals surface area contributed by atoms with E-state index < -0.39 is 10.0 Å². The number of piperidine rings is 1. The Morgan fingerprint density at radius 2 is 2.29 bits per heavy atom. The van der Waals surface area contributed by atoms with Crippen molar-refractivity contribution in [3.8, 4) is 6.07 Å². The number of ether oxygens (including phenoxy) is 1. The van der Waals surface area contributed by atoms with Crippen LogP contribution in [0, 0.1) is 11.3 Å². The molecule has 21 heavy (non-hydrogen) atoms. The molecule has 2 unspecified atom stereocenters. The van der Waals surface area contributed by atoms with Gasteiger partial charge in [0.05, 0.1) is 22.6 Å². The molecule has 1 saturated heterocycles. The first-order valence-electron chi connectivity index (χ1n) is 6.77. The van der Waals surface area contributed by atoms with Crippen LogP contribution in [0.1, 0.15) is 18.4 Å². The van der Waals surface area contributed by atoms with Crippen LogP contribution in [0.2, 0.25) is 0 Å². The van der Waals surface area contributed by atoms with Gasteiger partial charge in [0, 0.05) is 26.2 Å². The summed E-state index contributed by atoms with van der Waals surface area (Å²) >= 11 is 0. The molecule has 1 fully saturated rings. The van der Waals surface area contributed by atoms with Crippen LogP contribution in [0.3, 0.4) is 0 Å². The molecule has 2 N–H and O–H groups in total. The molecule has 2 rings (SSSR count). The Morgan fingerprint density at radius 1 is 1.52 bits per heavy atom. The second-order valence-electron chi connectivity index (χ2n) is 5.03. The summed E-state index contributed by atoms with van der Waals surface area (Å²) in [5, 5.41) is 8.91. The van der Waals surface area contributed by atoms with Crippen LogP contribution in [-0.4, -0.2) is 45.1 Å². The minimum atomic E-state index is -3.64. The average Bonchev–Trinajstić information content (AvgIpc) is 2.54.